The van der Waals surface area contributed by atoms with E-state index in [-0.39, 0.29) is 13.1 Å². The van der Waals surface area contributed by atoms with Gasteiger partial charge < -0.3 is 10.6 Å². The summed E-state index contributed by atoms with van der Waals surface area (Å²) in [5, 5.41) is 10.8. The van der Waals surface area contributed by atoms with E-state index >= 15 is 0 Å². The summed E-state index contributed by atoms with van der Waals surface area (Å²) in [4.78, 5) is 34.3. The molecule has 2 rings (SSSR count). The van der Waals surface area contributed by atoms with Crippen LogP contribution in [0.2, 0.25) is 0 Å². The standard InChI is InChI=1S/C12H11F2N3O4/c13-8-3-7(10(17(20)21)4-9(8)14)12(19)16-2-1-6(5-16)11(15)18/h3-4,6H,1-2,5H2,(H2,15,18). The summed E-state index contributed by atoms with van der Waals surface area (Å²) < 4.78 is 26.3. The molecule has 0 aromatic heterocycles. The number of rotatable bonds is 3. The van der Waals surface area contributed by atoms with Crippen molar-refractivity contribution in [1.29, 1.82) is 0 Å². The topological polar surface area (TPSA) is 107 Å². The number of carbonyl (C=O) groups excluding carboxylic acids is 2. The second kappa shape index (κ2) is 5.43. The smallest absolute Gasteiger partial charge is 0.285 e. The van der Waals surface area contributed by atoms with Crippen LogP contribution in [-0.4, -0.2) is 34.7 Å². The van der Waals surface area contributed by atoms with Crippen molar-refractivity contribution in [1.82, 2.24) is 4.90 Å². The summed E-state index contributed by atoms with van der Waals surface area (Å²) in [7, 11) is 0. The number of carbonyl (C=O) groups is 2. The van der Waals surface area contributed by atoms with Gasteiger partial charge in [-0.3, -0.25) is 19.7 Å². The number of likely N-dealkylation sites (tertiary alicyclic amines) is 1. The first-order valence-corrected chi connectivity index (χ1v) is 6.03. The zero-order chi connectivity index (χ0) is 15.7. The predicted octanol–water partition coefficient (Wildman–Crippen LogP) is 0.820. The van der Waals surface area contributed by atoms with Gasteiger partial charge in [-0.1, -0.05) is 0 Å². The maximum absolute atomic E-state index is 13.2. The average molecular weight is 299 g/mol. The Morgan fingerprint density at radius 2 is 1.95 bits per heavy atom. The number of nitro benzene ring substituents is 1. The molecule has 1 atom stereocenters. The van der Waals surface area contributed by atoms with Gasteiger partial charge in [0.05, 0.1) is 16.9 Å². The van der Waals surface area contributed by atoms with Crippen molar-refractivity contribution in [2.24, 2.45) is 11.7 Å². The van der Waals surface area contributed by atoms with Gasteiger partial charge in [-0.25, -0.2) is 8.78 Å². The summed E-state index contributed by atoms with van der Waals surface area (Å²) in [5.41, 5.74) is 3.76. The van der Waals surface area contributed by atoms with Crippen LogP contribution >= 0.6 is 0 Å². The number of nitrogens with two attached hydrogens (primary N) is 1. The van der Waals surface area contributed by atoms with Crippen molar-refractivity contribution in [3.8, 4) is 0 Å². The Morgan fingerprint density at radius 3 is 2.48 bits per heavy atom. The Bertz CT molecular complexity index is 635. The van der Waals surface area contributed by atoms with Crippen LogP contribution in [0, 0.1) is 27.7 Å². The van der Waals surface area contributed by atoms with Gasteiger partial charge in [0, 0.05) is 13.1 Å². The quantitative estimate of drug-likeness (QED) is 0.658. The summed E-state index contributed by atoms with van der Waals surface area (Å²) in [6, 6.07) is 0.859. The molecule has 0 spiro atoms. The number of nitrogens with zero attached hydrogens (tertiary/aromatic N) is 2. The van der Waals surface area contributed by atoms with E-state index in [2.05, 4.69) is 0 Å². The maximum Gasteiger partial charge on any atom is 0.285 e. The van der Waals surface area contributed by atoms with Gasteiger partial charge in [-0.15, -0.1) is 0 Å². The van der Waals surface area contributed by atoms with Crippen LogP contribution in [0.3, 0.4) is 0 Å². The zero-order valence-corrected chi connectivity index (χ0v) is 10.7. The van der Waals surface area contributed by atoms with Gasteiger partial charge in [0.1, 0.15) is 5.56 Å². The average Bonchev–Trinajstić information content (AvgIpc) is 2.90. The van der Waals surface area contributed by atoms with E-state index in [9.17, 15) is 28.5 Å². The fraction of sp³-hybridized carbons (Fsp3) is 0.333. The Hall–Kier alpha value is -2.58. The van der Waals surface area contributed by atoms with Crippen LogP contribution < -0.4 is 5.73 Å². The zero-order valence-electron chi connectivity index (χ0n) is 10.7. The summed E-state index contributed by atoms with van der Waals surface area (Å²) in [6.45, 7) is 0.174. The largest absolute Gasteiger partial charge is 0.369 e. The van der Waals surface area contributed by atoms with Crippen molar-refractivity contribution in [3.63, 3.8) is 0 Å². The molecule has 1 aliphatic rings. The van der Waals surface area contributed by atoms with E-state index in [1.54, 1.807) is 0 Å². The molecule has 1 fully saturated rings. The molecule has 1 heterocycles. The first kappa shape index (κ1) is 14.8. The third-order valence-corrected chi connectivity index (χ3v) is 3.34. The molecule has 0 saturated carbocycles. The minimum Gasteiger partial charge on any atom is -0.369 e. The molecule has 1 aromatic rings. The van der Waals surface area contributed by atoms with Crippen LogP contribution in [0.5, 0.6) is 0 Å². The normalized spacial score (nSPS) is 17.8. The van der Waals surface area contributed by atoms with E-state index < -0.39 is 45.5 Å². The number of amides is 2. The van der Waals surface area contributed by atoms with E-state index in [4.69, 9.17) is 5.73 Å². The molecule has 9 heteroatoms. The molecule has 7 nitrogen and oxygen atoms in total. The summed E-state index contributed by atoms with van der Waals surface area (Å²) in [6.07, 6.45) is 0.332. The van der Waals surface area contributed by atoms with Gasteiger partial charge >= 0.3 is 0 Å². The van der Waals surface area contributed by atoms with Crippen molar-refractivity contribution in [2.75, 3.05) is 13.1 Å². The van der Waals surface area contributed by atoms with Crippen LogP contribution in [0.4, 0.5) is 14.5 Å². The Balaban J connectivity index is 2.33. The predicted molar refractivity (Wildman–Crippen MR) is 66.2 cm³/mol. The highest BCUT2D eigenvalue weighted by Gasteiger charge is 2.33. The van der Waals surface area contributed by atoms with E-state index in [0.717, 1.165) is 4.90 Å². The lowest BCUT2D eigenvalue weighted by Gasteiger charge is -2.16. The molecule has 112 valence electrons. The highest BCUT2D eigenvalue weighted by Crippen LogP contribution is 2.26. The van der Waals surface area contributed by atoms with Crippen LogP contribution in [-0.2, 0) is 4.79 Å². The molecule has 1 saturated heterocycles. The van der Waals surface area contributed by atoms with E-state index in [0.29, 0.717) is 18.6 Å². The highest BCUT2D eigenvalue weighted by atomic mass is 19.2. The minimum absolute atomic E-state index is 0.00428. The Morgan fingerprint density at radius 1 is 1.33 bits per heavy atom. The highest BCUT2D eigenvalue weighted by molar-refractivity contribution is 5.98. The Labute approximate surface area is 117 Å². The molecule has 1 aromatic carbocycles. The van der Waals surface area contributed by atoms with Gasteiger partial charge in [0.15, 0.2) is 11.6 Å². The number of benzene rings is 1. The van der Waals surface area contributed by atoms with Gasteiger partial charge in [0.2, 0.25) is 5.91 Å². The number of halogens is 2. The van der Waals surface area contributed by atoms with Crippen LogP contribution in [0.25, 0.3) is 0 Å². The third-order valence-electron chi connectivity index (χ3n) is 3.34. The SMILES string of the molecule is NC(=O)C1CCN(C(=O)c2cc(F)c(F)cc2[N+](=O)[O-])C1. The lowest BCUT2D eigenvalue weighted by molar-refractivity contribution is -0.385. The van der Waals surface area contributed by atoms with Crippen molar-refractivity contribution in [2.45, 2.75) is 6.42 Å². The number of hydrogen-bond donors (Lipinski definition) is 1. The molecule has 0 aliphatic carbocycles. The number of nitro groups is 1. The molecule has 21 heavy (non-hydrogen) atoms. The van der Waals surface area contributed by atoms with Crippen molar-refractivity contribution in [3.05, 3.63) is 39.4 Å². The van der Waals surface area contributed by atoms with Crippen molar-refractivity contribution < 1.29 is 23.3 Å². The first-order valence-electron chi connectivity index (χ1n) is 6.03. The fourth-order valence-corrected chi connectivity index (χ4v) is 2.21. The lowest BCUT2D eigenvalue weighted by Crippen LogP contribution is -2.32. The van der Waals surface area contributed by atoms with E-state index in [1.807, 2.05) is 0 Å². The van der Waals surface area contributed by atoms with Gasteiger partial charge in [0.25, 0.3) is 11.6 Å². The summed E-state index contributed by atoms with van der Waals surface area (Å²) >= 11 is 0. The molecule has 0 radical (unpaired) electrons. The van der Waals surface area contributed by atoms with Gasteiger partial charge in [-0.05, 0) is 12.5 Å². The number of primary amides is 1. The van der Waals surface area contributed by atoms with Crippen molar-refractivity contribution >= 4 is 17.5 Å². The van der Waals surface area contributed by atoms with Gasteiger partial charge in [-0.2, -0.15) is 0 Å². The molecule has 1 unspecified atom stereocenters. The minimum atomic E-state index is -1.41. The second-order valence-corrected chi connectivity index (χ2v) is 4.68. The second-order valence-electron chi connectivity index (χ2n) is 4.68. The van der Waals surface area contributed by atoms with Crippen LogP contribution in [0.15, 0.2) is 12.1 Å². The van der Waals surface area contributed by atoms with E-state index in [1.165, 1.54) is 0 Å². The lowest BCUT2D eigenvalue weighted by atomic mass is 10.1. The third kappa shape index (κ3) is 2.81. The molecular formula is C12H11F2N3O4. The first-order chi connectivity index (χ1) is 9.81. The molecule has 0 bridgehead atoms. The fourth-order valence-electron chi connectivity index (χ4n) is 2.21. The molecule has 2 N–H and O–H groups in total. The Kier molecular flexibility index (Phi) is 3.83. The molecular weight excluding hydrogens is 288 g/mol. The monoisotopic (exact) mass is 299 g/mol. The molecule has 2 amide bonds. The summed E-state index contributed by atoms with van der Waals surface area (Å²) in [5.74, 6) is -4.71. The van der Waals surface area contributed by atoms with Crippen LogP contribution in [0.1, 0.15) is 16.8 Å². The maximum atomic E-state index is 13.2. The molecule has 1 aliphatic heterocycles. The number of hydrogen-bond acceptors (Lipinski definition) is 4.